The van der Waals surface area contributed by atoms with E-state index >= 15 is 0 Å². The largest absolute Gasteiger partial charge is 0.463 e. The second-order valence-corrected chi connectivity index (χ2v) is 16.3. The van der Waals surface area contributed by atoms with Crippen molar-refractivity contribution in [3.8, 4) is 0 Å². The van der Waals surface area contributed by atoms with Crippen LogP contribution in [0.25, 0.3) is 0 Å². The summed E-state index contributed by atoms with van der Waals surface area (Å²) in [6.07, 6.45) is 19.9. The molecule has 5 aliphatic rings. The van der Waals surface area contributed by atoms with E-state index in [9.17, 15) is 14.4 Å². The molecular weight excluding hydrogens is 600 g/mol. The first-order chi connectivity index (χ1) is 21.9. The lowest BCUT2D eigenvalue weighted by molar-refractivity contribution is -0.213. The van der Waals surface area contributed by atoms with E-state index in [1.807, 2.05) is 6.08 Å². The van der Waals surface area contributed by atoms with Gasteiger partial charge in [-0.15, -0.1) is 0 Å². The predicted octanol–water partition coefficient (Wildman–Crippen LogP) is 8.12. The Labute approximate surface area is 280 Å². The minimum absolute atomic E-state index is 0.00611. The number of rotatable bonds is 11. The summed E-state index contributed by atoms with van der Waals surface area (Å²) in [5, 5.41) is 0.225. The van der Waals surface area contributed by atoms with Crippen molar-refractivity contribution in [1.29, 1.82) is 0 Å². The Morgan fingerprint density at radius 1 is 0.978 bits per heavy atom. The number of allylic oxidation sites excluding steroid dienone is 3. The van der Waals surface area contributed by atoms with Crippen LogP contribution in [0.2, 0.25) is 0 Å². The smallest absolute Gasteiger partial charge is 0.303 e. The fourth-order valence-corrected chi connectivity index (χ4v) is 10.6. The van der Waals surface area contributed by atoms with Gasteiger partial charge in [0.25, 0.3) is 0 Å². The van der Waals surface area contributed by atoms with Crippen LogP contribution in [-0.4, -0.2) is 54.0 Å². The molecule has 0 aromatic rings. The molecule has 0 amide bonds. The standard InChI is InChI=1S/C38H56O7S/c1-24(10-8-7-9-21-46-27(4)41)31-13-14-32-30-12-11-28-22-29(17-19-37(28,5)33(30)18-20-38(31,32)6)44-36-16-15-34(43-26(3)40)35(45-36)23-42-25(2)39/h10-11,15-16,29-36H,7-9,12-14,17-23H2,1-6H3/b24-10+/t29-,30-,31+,32-,33-,34-,35+,36?,37-,38+/m0/s1. The summed E-state index contributed by atoms with van der Waals surface area (Å²) < 4.78 is 23.2. The lowest BCUT2D eigenvalue weighted by Crippen LogP contribution is -2.51. The number of carbonyl (C=O) groups is 3. The highest BCUT2D eigenvalue weighted by Crippen LogP contribution is 2.67. The van der Waals surface area contributed by atoms with Gasteiger partial charge in [-0.1, -0.05) is 48.9 Å². The Bertz CT molecular complexity index is 1220. The lowest BCUT2D eigenvalue weighted by Gasteiger charge is -2.58. The third kappa shape index (κ3) is 7.86. The van der Waals surface area contributed by atoms with Gasteiger partial charge in [-0.05, 0) is 124 Å². The molecule has 1 aliphatic heterocycles. The van der Waals surface area contributed by atoms with Gasteiger partial charge in [-0.2, -0.15) is 0 Å². The number of ether oxygens (including phenoxy) is 4. The SMILES string of the molecule is CC(=O)OC[C@H]1OC(O[C@H]2CC[C@@]3(C)C(=CC[C@H]4[C@@H]5CC[C@H](/C(C)=C/CCCCSC(C)=O)[C@@]5(C)CC[C@@H]43)C2)C=C[C@@H]1OC(C)=O. The van der Waals surface area contributed by atoms with E-state index in [1.54, 1.807) is 24.1 Å². The normalized spacial score (nSPS) is 38.7. The van der Waals surface area contributed by atoms with Crippen molar-refractivity contribution in [2.45, 2.75) is 137 Å². The van der Waals surface area contributed by atoms with Crippen LogP contribution in [-0.2, 0) is 33.3 Å². The van der Waals surface area contributed by atoms with Crippen molar-refractivity contribution >= 4 is 28.8 Å². The Kier molecular flexibility index (Phi) is 11.6. The number of hydrogen-bond acceptors (Lipinski definition) is 8. The maximum atomic E-state index is 11.6. The molecule has 10 atom stereocenters. The molecule has 46 heavy (non-hydrogen) atoms. The van der Waals surface area contributed by atoms with Crippen molar-refractivity contribution in [1.82, 2.24) is 0 Å². The summed E-state index contributed by atoms with van der Waals surface area (Å²) in [5.41, 5.74) is 3.79. The maximum Gasteiger partial charge on any atom is 0.303 e. The highest BCUT2D eigenvalue weighted by Gasteiger charge is 2.58. The minimum atomic E-state index is -0.612. The van der Waals surface area contributed by atoms with Gasteiger partial charge < -0.3 is 18.9 Å². The van der Waals surface area contributed by atoms with Crippen molar-refractivity contribution in [3.05, 3.63) is 35.5 Å². The summed E-state index contributed by atoms with van der Waals surface area (Å²) in [7, 11) is 0. The number of fused-ring (bicyclic) bond motifs is 5. The van der Waals surface area contributed by atoms with Gasteiger partial charge >= 0.3 is 11.9 Å². The zero-order valence-corrected chi connectivity index (χ0v) is 29.7. The molecule has 0 N–H and O–H groups in total. The van der Waals surface area contributed by atoms with E-state index in [0.29, 0.717) is 11.3 Å². The molecule has 1 unspecified atom stereocenters. The average Bonchev–Trinajstić information content (AvgIpc) is 3.36. The number of unbranched alkanes of at least 4 members (excludes halogenated alkanes) is 2. The average molecular weight is 657 g/mol. The fraction of sp³-hybridized carbons (Fsp3) is 0.763. The van der Waals surface area contributed by atoms with Crippen LogP contribution in [0.1, 0.15) is 112 Å². The first-order valence-electron chi connectivity index (χ1n) is 17.7. The number of esters is 2. The molecule has 0 aromatic heterocycles. The van der Waals surface area contributed by atoms with E-state index in [4.69, 9.17) is 18.9 Å². The zero-order valence-electron chi connectivity index (χ0n) is 28.9. The van der Waals surface area contributed by atoms with Gasteiger partial charge in [-0.3, -0.25) is 14.4 Å². The predicted molar refractivity (Wildman–Crippen MR) is 181 cm³/mol. The Morgan fingerprint density at radius 3 is 2.52 bits per heavy atom. The van der Waals surface area contributed by atoms with Crippen LogP contribution in [0.4, 0.5) is 0 Å². The van der Waals surface area contributed by atoms with Crippen LogP contribution in [0.5, 0.6) is 0 Å². The van der Waals surface area contributed by atoms with Crippen molar-refractivity contribution in [2.75, 3.05) is 12.4 Å². The Morgan fingerprint density at radius 2 is 1.78 bits per heavy atom. The van der Waals surface area contributed by atoms with Crippen LogP contribution in [0.15, 0.2) is 35.5 Å². The van der Waals surface area contributed by atoms with E-state index in [2.05, 4.69) is 32.9 Å². The molecule has 0 saturated heterocycles. The van der Waals surface area contributed by atoms with Gasteiger partial charge in [0.1, 0.15) is 18.8 Å². The second kappa shape index (κ2) is 15.1. The summed E-state index contributed by atoms with van der Waals surface area (Å²) in [4.78, 5) is 34.2. The van der Waals surface area contributed by atoms with Gasteiger partial charge in [0.05, 0.1) is 6.10 Å². The molecule has 3 saturated carbocycles. The molecule has 8 heteroatoms. The molecule has 3 fully saturated rings. The van der Waals surface area contributed by atoms with Crippen LogP contribution in [0.3, 0.4) is 0 Å². The molecule has 7 nitrogen and oxygen atoms in total. The monoisotopic (exact) mass is 656 g/mol. The molecule has 0 bridgehead atoms. The van der Waals surface area contributed by atoms with E-state index in [1.165, 1.54) is 64.1 Å². The lowest BCUT2D eigenvalue weighted by atomic mass is 9.47. The van der Waals surface area contributed by atoms with Gasteiger partial charge in [-0.25, -0.2) is 0 Å². The molecule has 1 heterocycles. The third-order valence-corrected chi connectivity index (χ3v) is 13.1. The van der Waals surface area contributed by atoms with E-state index in [-0.39, 0.29) is 23.2 Å². The zero-order chi connectivity index (χ0) is 33.1. The van der Waals surface area contributed by atoms with Crippen molar-refractivity contribution in [2.24, 2.45) is 34.5 Å². The molecule has 0 spiro atoms. The molecule has 256 valence electrons. The Hall–Kier alpha value is -1.90. The highest BCUT2D eigenvalue weighted by atomic mass is 32.2. The quantitative estimate of drug-likeness (QED) is 0.125. The summed E-state index contributed by atoms with van der Waals surface area (Å²) in [6, 6.07) is 0. The van der Waals surface area contributed by atoms with Gasteiger partial charge in [0.2, 0.25) is 0 Å². The fourth-order valence-electron chi connectivity index (χ4n) is 9.95. The first-order valence-corrected chi connectivity index (χ1v) is 18.7. The topological polar surface area (TPSA) is 88.1 Å². The molecular formula is C38H56O7S. The maximum absolute atomic E-state index is 11.6. The molecule has 0 aromatic carbocycles. The Balaban J connectivity index is 1.19. The molecule has 4 aliphatic carbocycles. The van der Waals surface area contributed by atoms with Crippen LogP contribution in [0, 0.1) is 34.5 Å². The summed E-state index contributed by atoms with van der Waals surface area (Å²) in [5.74, 6) is 3.11. The highest BCUT2D eigenvalue weighted by molar-refractivity contribution is 8.13. The minimum Gasteiger partial charge on any atom is -0.463 e. The third-order valence-electron chi connectivity index (χ3n) is 12.2. The van der Waals surface area contributed by atoms with Crippen LogP contribution >= 0.6 is 11.8 Å². The first kappa shape index (κ1) is 35.4. The number of thioether (sulfide) groups is 1. The molecule has 0 radical (unpaired) electrons. The van der Waals surface area contributed by atoms with Crippen molar-refractivity contribution in [3.63, 3.8) is 0 Å². The van der Waals surface area contributed by atoms with Crippen molar-refractivity contribution < 1.29 is 33.3 Å². The second-order valence-electron chi connectivity index (χ2n) is 15.0. The molecule has 5 rings (SSSR count). The van der Waals surface area contributed by atoms with E-state index < -0.39 is 30.4 Å². The van der Waals surface area contributed by atoms with Gasteiger partial charge in [0, 0.05) is 26.5 Å². The summed E-state index contributed by atoms with van der Waals surface area (Å²) >= 11 is 1.45. The number of hydrogen-bond donors (Lipinski definition) is 0. The van der Waals surface area contributed by atoms with E-state index in [0.717, 1.165) is 55.6 Å². The number of carbonyl (C=O) groups excluding carboxylic acids is 3. The summed E-state index contributed by atoms with van der Waals surface area (Å²) in [6.45, 7) is 11.9. The van der Waals surface area contributed by atoms with Crippen LogP contribution < -0.4 is 0 Å². The van der Waals surface area contributed by atoms with Gasteiger partial charge in [0.15, 0.2) is 11.4 Å².